The average molecular weight is 264 g/mol. The summed E-state index contributed by atoms with van der Waals surface area (Å²) in [6.45, 7) is 1.10. The van der Waals surface area contributed by atoms with Crippen LogP contribution in [-0.2, 0) is 0 Å². The van der Waals surface area contributed by atoms with Crippen LogP contribution in [0.1, 0.15) is 16.8 Å². The van der Waals surface area contributed by atoms with Crippen molar-refractivity contribution in [1.29, 1.82) is 0 Å². The van der Waals surface area contributed by atoms with Crippen molar-refractivity contribution < 1.29 is 4.79 Å². The van der Waals surface area contributed by atoms with Gasteiger partial charge in [0, 0.05) is 17.3 Å². The fourth-order valence-electron chi connectivity index (χ4n) is 1.14. The van der Waals surface area contributed by atoms with Crippen LogP contribution in [0.3, 0.4) is 0 Å². The lowest BCUT2D eigenvalue weighted by molar-refractivity contribution is 0.0954. The number of halogens is 2. The Labute approximate surface area is 106 Å². The van der Waals surface area contributed by atoms with Gasteiger partial charge in [-0.15, -0.1) is 12.4 Å². The van der Waals surface area contributed by atoms with Crippen LogP contribution < -0.4 is 16.8 Å². The highest BCUT2D eigenvalue weighted by Gasteiger charge is 2.08. The highest BCUT2D eigenvalue weighted by Crippen LogP contribution is 2.17. The molecule has 0 saturated heterocycles. The number of nitrogens with two attached hydrogens (primary N) is 2. The van der Waals surface area contributed by atoms with Crippen molar-refractivity contribution in [3.63, 3.8) is 0 Å². The minimum Gasteiger partial charge on any atom is -0.398 e. The number of rotatable bonds is 4. The van der Waals surface area contributed by atoms with Crippen molar-refractivity contribution in [1.82, 2.24) is 5.32 Å². The maximum atomic E-state index is 11.6. The third-order valence-electron chi connectivity index (χ3n) is 1.92. The molecule has 1 amide bonds. The summed E-state index contributed by atoms with van der Waals surface area (Å²) >= 11 is 5.72. The Balaban J connectivity index is 0.00000225. The molecule has 4 nitrogen and oxygen atoms in total. The van der Waals surface area contributed by atoms with Gasteiger partial charge >= 0.3 is 0 Å². The predicted octanol–water partition coefficient (Wildman–Crippen LogP) is 1.42. The smallest absolute Gasteiger partial charge is 0.253 e. The zero-order valence-electron chi connectivity index (χ0n) is 8.70. The van der Waals surface area contributed by atoms with Crippen LogP contribution in [0.2, 0.25) is 5.02 Å². The van der Waals surface area contributed by atoms with Gasteiger partial charge in [0.05, 0.1) is 5.56 Å². The summed E-state index contributed by atoms with van der Waals surface area (Å²) in [4.78, 5) is 11.6. The summed E-state index contributed by atoms with van der Waals surface area (Å²) in [6, 6.07) is 4.80. The van der Waals surface area contributed by atoms with E-state index in [0.29, 0.717) is 29.4 Å². The molecule has 0 saturated carbocycles. The standard InChI is InChI=1S/C10H14ClN3O.ClH/c11-7-2-3-8(9(13)6-7)10(15)14-5-1-4-12;/h2-3,6H,1,4-5,12-13H2,(H,14,15);1H. The Hall–Kier alpha value is -0.970. The van der Waals surface area contributed by atoms with Crippen LogP contribution >= 0.6 is 24.0 Å². The van der Waals surface area contributed by atoms with Gasteiger partial charge in [0.2, 0.25) is 0 Å². The monoisotopic (exact) mass is 263 g/mol. The van der Waals surface area contributed by atoms with Crippen LogP contribution in [0.5, 0.6) is 0 Å². The minimum absolute atomic E-state index is 0. The van der Waals surface area contributed by atoms with Crippen molar-refractivity contribution in [2.75, 3.05) is 18.8 Å². The second kappa shape index (κ2) is 7.33. The summed E-state index contributed by atoms with van der Waals surface area (Å²) in [6.07, 6.45) is 0.749. The van der Waals surface area contributed by atoms with Crippen LogP contribution in [0.4, 0.5) is 5.69 Å². The molecule has 0 aromatic heterocycles. The quantitative estimate of drug-likeness (QED) is 0.568. The Bertz CT molecular complexity index is 358. The fourth-order valence-corrected chi connectivity index (χ4v) is 1.32. The number of carbonyl (C=O) groups is 1. The molecule has 6 heteroatoms. The van der Waals surface area contributed by atoms with Crippen LogP contribution in [0, 0.1) is 0 Å². The van der Waals surface area contributed by atoms with Gasteiger partial charge in [-0.2, -0.15) is 0 Å². The molecule has 90 valence electrons. The van der Waals surface area contributed by atoms with Crippen molar-refractivity contribution in [3.05, 3.63) is 28.8 Å². The molecule has 0 heterocycles. The Morgan fingerprint density at radius 2 is 2.12 bits per heavy atom. The molecule has 1 aromatic carbocycles. The van der Waals surface area contributed by atoms with E-state index in [9.17, 15) is 4.79 Å². The number of nitrogen functional groups attached to an aromatic ring is 1. The Morgan fingerprint density at radius 1 is 1.44 bits per heavy atom. The zero-order chi connectivity index (χ0) is 11.3. The predicted molar refractivity (Wildman–Crippen MR) is 69.1 cm³/mol. The first-order valence-electron chi connectivity index (χ1n) is 4.68. The summed E-state index contributed by atoms with van der Waals surface area (Å²) in [7, 11) is 0. The van der Waals surface area contributed by atoms with E-state index in [0.717, 1.165) is 6.42 Å². The molecule has 1 aromatic rings. The number of benzene rings is 1. The van der Waals surface area contributed by atoms with Crippen molar-refractivity contribution in [2.24, 2.45) is 5.73 Å². The molecule has 0 spiro atoms. The summed E-state index contributed by atoms with van der Waals surface area (Å²) in [5, 5.41) is 3.24. The maximum absolute atomic E-state index is 11.6. The van der Waals surface area contributed by atoms with Gasteiger partial charge in [0.1, 0.15) is 0 Å². The summed E-state index contributed by atoms with van der Waals surface area (Å²) in [5.41, 5.74) is 11.8. The zero-order valence-corrected chi connectivity index (χ0v) is 10.3. The van der Waals surface area contributed by atoms with Crippen molar-refractivity contribution in [2.45, 2.75) is 6.42 Å². The third-order valence-corrected chi connectivity index (χ3v) is 2.16. The molecule has 0 atom stereocenters. The second-order valence-corrected chi connectivity index (χ2v) is 3.57. The van der Waals surface area contributed by atoms with Gasteiger partial charge in [0.25, 0.3) is 5.91 Å². The second-order valence-electron chi connectivity index (χ2n) is 3.13. The number of anilines is 1. The molecule has 0 fully saturated rings. The summed E-state index contributed by atoms with van der Waals surface area (Å²) in [5.74, 6) is -0.197. The molecule has 0 bridgehead atoms. The normalized spacial score (nSPS) is 9.38. The Kier molecular flexibility index (Phi) is 6.88. The molecule has 1 rings (SSSR count). The minimum atomic E-state index is -0.197. The third kappa shape index (κ3) is 4.26. The lowest BCUT2D eigenvalue weighted by Gasteiger charge is -2.06. The van der Waals surface area contributed by atoms with E-state index in [1.165, 1.54) is 0 Å². The largest absolute Gasteiger partial charge is 0.398 e. The van der Waals surface area contributed by atoms with Gasteiger partial charge in [-0.05, 0) is 31.2 Å². The van der Waals surface area contributed by atoms with Crippen LogP contribution in [0.15, 0.2) is 18.2 Å². The van der Waals surface area contributed by atoms with Crippen molar-refractivity contribution in [3.8, 4) is 0 Å². The molecule has 5 N–H and O–H groups in total. The van der Waals surface area contributed by atoms with Crippen LogP contribution in [0.25, 0.3) is 0 Å². The van der Waals surface area contributed by atoms with E-state index >= 15 is 0 Å². The molecule has 0 aliphatic carbocycles. The van der Waals surface area contributed by atoms with E-state index in [2.05, 4.69) is 5.32 Å². The molecular formula is C10H15Cl2N3O. The highest BCUT2D eigenvalue weighted by molar-refractivity contribution is 6.31. The number of amides is 1. The molecular weight excluding hydrogens is 249 g/mol. The highest BCUT2D eigenvalue weighted by atomic mass is 35.5. The van der Waals surface area contributed by atoms with Crippen molar-refractivity contribution >= 4 is 35.6 Å². The van der Waals surface area contributed by atoms with E-state index < -0.39 is 0 Å². The number of carbonyl (C=O) groups excluding carboxylic acids is 1. The van der Waals surface area contributed by atoms with E-state index in [4.69, 9.17) is 23.1 Å². The molecule has 0 aliphatic heterocycles. The SMILES string of the molecule is Cl.NCCCNC(=O)c1ccc(Cl)cc1N. The van der Waals surface area contributed by atoms with E-state index in [-0.39, 0.29) is 18.3 Å². The van der Waals surface area contributed by atoms with Gasteiger partial charge in [-0.1, -0.05) is 11.6 Å². The summed E-state index contributed by atoms with van der Waals surface area (Å²) < 4.78 is 0. The van der Waals surface area contributed by atoms with E-state index in [1.807, 2.05) is 0 Å². The fraction of sp³-hybridized carbons (Fsp3) is 0.300. The topological polar surface area (TPSA) is 81.1 Å². The van der Waals surface area contributed by atoms with Gasteiger partial charge < -0.3 is 16.8 Å². The average Bonchev–Trinajstić information content (AvgIpc) is 2.17. The van der Waals surface area contributed by atoms with Gasteiger partial charge in [-0.25, -0.2) is 0 Å². The number of hydrogen-bond donors (Lipinski definition) is 3. The number of nitrogens with one attached hydrogen (secondary N) is 1. The lowest BCUT2D eigenvalue weighted by Crippen LogP contribution is -2.26. The molecule has 0 radical (unpaired) electrons. The number of hydrogen-bond acceptors (Lipinski definition) is 3. The van der Waals surface area contributed by atoms with Crippen LogP contribution in [-0.4, -0.2) is 19.0 Å². The first kappa shape index (κ1) is 15.0. The maximum Gasteiger partial charge on any atom is 0.253 e. The Morgan fingerprint density at radius 3 is 2.69 bits per heavy atom. The molecule has 16 heavy (non-hydrogen) atoms. The first-order valence-corrected chi connectivity index (χ1v) is 5.06. The first-order chi connectivity index (χ1) is 7.15. The van der Waals surface area contributed by atoms with E-state index in [1.54, 1.807) is 18.2 Å². The lowest BCUT2D eigenvalue weighted by atomic mass is 10.1. The molecule has 0 aliphatic rings. The van der Waals surface area contributed by atoms with Gasteiger partial charge in [0.15, 0.2) is 0 Å². The molecule has 0 unspecified atom stereocenters. The van der Waals surface area contributed by atoms with Gasteiger partial charge in [-0.3, -0.25) is 4.79 Å².